The smallest absolute Gasteiger partial charge is 0.324 e. The summed E-state index contributed by atoms with van der Waals surface area (Å²) in [5, 5.41) is 10.4. The Morgan fingerprint density at radius 3 is 2.41 bits per heavy atom. The number of amides is 2. The minimum absolute atomic E-state index is 0.271. The normalized spacial score (nSPS) is 10.7. The fraction of sp³-hybridized carbons (Fsp3) is 0.238. The van der Waals surface area contributed by atoms with Gasteiger partial charge in [-0.15, -0.1) is 0 Å². The van der Waals surface area contributed by atoms with Gasteiger partial charge in [-0.1, -0.05) is 44.2 Å². The molecule has 2 aromatic carbocycles. The van der Waals surface area contributed by atoms with Crippen molar-refractivity contribution in [1.29, 1.82) is 0 Å². The molecule has 0 atom stereocenters. The molecule has 2 N–H and O–H groups in total. The number of carbonyl (C=O) groups excluding carboxylic acids is 1. The summed E-state index contributed by atoms with van der Waals surface area (Å²) in [6.45, 7) is 4.75. The number of ether oxygens (including phenoxy) is 1. The molecule has 0 radical (unpaired) electrons. The van der Waals surface area contributed by atoms with Crippen LogP contribution >= 0.6 is 0 Å². The third kappa shape index (κ3) is 4.88. The average Bonchev–Trinajstić information content (AvgIpc) is 3.06. The number of carbonyl (C=O) groups is 1. The average molecular weight is 364 g/mol. The summed E-state index contributed by atoms with van der Waals surface area (Å²) in [5.74, 6) is 1.67. The van der Waals surface area contributed by atoms with E-state index in [1.54, 1.807) is 31.4 Å². The van der Waals surface area contributed by atoms with Crippen LogP contribution in [0, 0.1) is 0 Å². The molecular formula is C21H24N4O2. The van der Waals surface area contributed by atoms with Crippen LogP contribution in [0.1, 0.15) is 31.0 Å². The highest BCUT2D eigenvalue weighted by Gasteiger charge is 2.13. The fourth-order valence-corrected chi connectivity index (χ4v) is 2.65. The van der Waals surface area contributed by atoms with E-state index < -0.39 is 0 Å². The number of nitrogens with one attached hydrogen (secondary N) is 2. The second-order valence-corrected chi connectivity index (χ2v) is 6.56. The first-order chi connectivity index (χ1) is 13.0. The van der Waals surface area contributed by atoms with E-state index in [-0.39, 0.29) is 11.9 Å². The summed E-state index contributed by atoms with van der Waals surface area (Å²) in [6, 6.07) is 18.8. The number of methoxy groups -OCH3 is 1. The van der Waals surface area contributed by atoms with Crippen molar-refractivity contribution in [2.45, 2.75) is 26.3 Å². The fourth-order valence-electron chi connectivity index (χ4n) is 2.65. The summed E-state index contributed by atoms with van der Waals surface area (Å²) >= 11 is 0. The van der Waals surface area contributed by atoms with Crippen LogP contribution < -0.4 is 15.4 Å². The van der Waals surface area contributed by atoms with Gasteiger partial charge in [0.1, 0.15) is 11.6 Å². The first kappa shape index (κ1) is 18.5. The second-order valence-electron chi connectivity index (χ2n) is 6.56. The Bertz CT molecular complexity index is 886. The van der Waals surface area contributed by atoms with Gasteiger partial charge in [0.2, 0.25) is 0 Å². The Labute approximate surface area is 159 Å². The molecule has 2 amide bonds. The number of anilines is 2. The molecule has 0 unspecified atom stereocenters. The predicted octanol–water partition coefficient (Wildman–Crippen LogP) is 4.71. The minimum atomic E-state index is -0.315. The highest BCUT2D eigenvalue weighted by molar-refractivity contribution is 5.99. The molecule has 6 heteroatoms. The van der Waals surface area contributed by atoms with Crippen molar-refractivity contribution < 1.29 is 9.53 Å². The number of aromatic nitrogens is 2. The summed E-state index contributed by atoms with van der Waals surface area (Å²) in [7, 11) is 1.61. The predicted molar refractivity (Wildman–Crippen MR) is 107 cm³/mol. The van der Waals surface area contributed by atoms with Crippen LogP contribution in [0.15, 0.2) is 60.7 Å². The first-order valence-electron chi connectivity index (χ1n) is 8.89. The van der Waals surface area contributed by atoms with Crippen LogP contribution in [0.3, 0.4) is 0 Å². The van der Waals surface area contributed by atoms with Gasteiger partial charge in [0.25, 0.3) is 0 Å². The van der Waals surface area contributed by atoms with Gasteiger partial charge < -0.3 is 10.1 Å². The molecule has 0 aliphatic heterocycles. The van der Waals surface area contributed by atoms with Crippen LogP contribution in [0.25, 0.3) is 0 Å². The molecule has 6 nitrogen and oxygen atoms in total. The van der Waals surface area contributed by atoms with Crippen molar-refractivity contribution in [3.05, 3.63) is 71.9 Å². The third-order valence-electron chi connectivity index (χ3n) is 4.16. The van der Waals surface area contributed by atoms with Crippen molar-refractivity contribution >= 4 is 17.5 Å². The minimum Gasteiger partial charge on any atom is -0.497 e. The van der Waals surface area contributed by atoms with Gasteiger partial charge in [0.15, 0.2) is 0 Å². The van der Waals surface area contributed by atoms with Gasteiger partial charge in [-0.2, -0.15) is 5.10 Å². The lowest BCUT2D eigenvalue weighted by molar-refractivity contribution is 0.262. The van der Waals surface area contributed by atoms with E-state index in [0.29, 0.717) is 18.1 Å². The van der Waals surface area contributed by atoms with Gasteiger partial charge in [-0.25, -0.2) is 9.48 Å². The highest BCUT2D eigenvalue weighted by atomic mass is 16.5. The lowest BCUT2D eigenvalue weighted by Crippen LogP contribution is -2.21. The van der Waals surface area contributed by atoms with Crippen molar-refractivity contribution in [1.82, 2.24) is 9.78 Å². The van der Waals surface area contributed by atoms with E-state index in [0.717, 1.165) is 17.0 Å². The van der Waals surface area contributed by atoms with Crippen LogP contribution in [0.5, 0.6) is 5.75 Å². The Morgan fingerprint density at radius 2 is 1.78 bits per heavy atom. The zero-order valence-electron chi connectivity index (χ0n) is 15.8. The number of rotatable bonds is 6. The molecule has 0 bridgehead atoms. The Morgan fingerprint density at radius 1 is 1.07 bits per heavy atom. The number of nitrogens with zero attached hydrogens (tertiary/aromatic N) is 2. The van der Waals surface area contributed by atoms with Crippen LogP contribution in [-0.2, 0) is 6.54 Å². The molecule has 0 fully saturated rings. The first-order valence-corrected chi connectivity index (χ1v) is 8.89. The Balaban J connectivity index is 1.74. The third-order valence-corrected chi connectivity index (χ3v) is 4.16. The zero-order valence-corrected chi connectivity index (χ0v) is 15.8. The van der Waals surface area contributed by atoms with E-state index in [9.17, 15) is 4.79 Å². The van der Waals surface area contributed by atoms with Gasteiger partial charge in [-0.3, -0.25) is 5.32 Å². The van der Waals surface area contributed by atoms with Crippen molar-refractivity contribution in [2.24, 2.45) is 0 Å². The zero-order chi connectivity index (χ0) is 19.2. The van der Waals surface area contributed by atoms with Gasteiger partial charge in [-0.05, 0) is 35.7 Å². The lowest BCUT2D eigenvalue weighted by atomic mass is 10.1. The number of urea groups is 1. The van der Waals surface area contributed by atoms with Gasteiger partial charge in [0.05, 0.1) is 19.3 Å². The molecule has 140 valence electrons. The molecule has 1 aromatic heterocycles. The highest BCUT2D eigenvalue weighted by Crippen LogP contribution is 2.20. The van der Waals surface area contributed by atoms with E-state index >= 15 is 0 Å². The molecule has 0 aliphatic carbocycles. The molecule has 0 aliphatic rings. The van der Waals surface area contributed by atoms with E-state index in [2.05, 4.69) is 29.6 Å². The maximum Gasteiger partial charge on any atom is 0.324 e. The monoisotopic (exact) mass is 364 g/mol. The second kappa shape index (κ2) is 8.40. The van der Waals surface area contributed by atoms with Gasteiger partial charge in [0, 0.05) is 11.8 Å². The molecule has 0 saturated heterocycles. The molecule has 0 saturated carbocycles. The quantitative estimate of drug-likeness (QED) is 0.666. The van der Waals surface area contributed by atoms with Crippen molar-refractivity contribution in [3.8, 4) is 5.75 Å². The number of benzene rings is 2. The molecule has 3 aromatic rings. The Hall–Kier alpha value is -3.28. The lowest BCUT2D eigenvalue weighted by Gasteiger charge is -2.10. The largest absolute Gasteiger partial charge is 0.497 e. The van der Waals surface area contributed by atoms with E-state index in [4.69, 9.17) is 4.74 Å². The number of hydrogen-bond donors (Lipinski definition) is 2. The van der Waals surface area contributed by atoms with Crippen LogP contribution in [-0.4, -0.2) is 22.9 Å². The summed E-state index contributed by atoms with van der Waals surface area (Å²) in [6.07, 6.45) is 0. The molecular weight excluding hydrogens is 340 g/mol. The maximum atomic E-state index is 12.4. The van der Waals surface area contributed by atoms with E-state index in [1.807, 2.05) is 41.1 Å². The molecule has 27 heavy (non-hydrogen) atoms. The summed E-state index contributed by atoms with van der Waals surface area (Å²) in [4.78, 5) is 12.4. The number of hydrogen-bond acceptors (Lipinski definition) is 3. The molecule has 3 rings (SSSR count). The summed E-state index contributed by atoms with van der Waals surface area (Å²) in [5.41, 5.74) is 2.74. The summed E-state index contributed by atoms with van der Waals surface area (Å²) < 4.78 is 6.95. The van der Waals surface area contributed by atoms with Crippen molar-refractivity contribution in [2.75, 3.05) is 17.7 Å². The SMILES string of the molecule is COc1ccc(NC(=O)Nc2cc(C(C)C)nn2Cc2ccccc2)cc1. The van der Waals surface area contributed by atoms with Crippen molar-refractivity contribution in [3.63, 3.8) is 0 Å². The van der Waals surface area contributed by atoms with E-state index in [1.165, 1.54) is 0 Å². The molecule has 0 spiro atoms. The maximum absolute atomic E-state index is 12.4. The molecule has 1 heterocycles. The Kier molecular flexibility index (Phi) is 5.76. The van der Waals surface area contributed by atoms with Crippen LogP contribution in [0.2, 0.25) is 0 Å². The van der Waals surface area contributed by atoms with Gasteiger partial charge >= 0.3 is 6.03 Å². The topological polar surface area (TPSA) is 68.2 Å². The van der Waals surface area contributed by atoms with Crippen LogP contribution in [0.4, 0.5) is 16.3 Å². The standard InChI is InChI=1S/C21H24N4O2/c1-15(2)19-13-20(25(24-19)14-16-7-5-4-6-8-16)23-21(26)22-17-9-11-18(27-3)12-10-17/h4-13,15H,14H2,1-3H3,(H2,22,23,26).